The van der Waals surface area contributed by atoms with Crippen LogP contribution in [0.15, 0.2) is 51.9 Å². The Morgan fingerprint density at radius 1 is 1.30 bits per heavy atom. The van der Waals surface area contributed by atoms with Crippen molar-refractivity contribution in [1.82, 2.24) is 14.8 Å². The number of nitrogens with zero attached hydrogens (tertiary/aromatic N) is 4. The zero-order valence-electron chi connectivity index (χ0n) is 16.6. The van der Waals surface area contributed by atoms with Gasteiger partial charge in [0.05, 0.1) is 28.9 Å². The lowest BCUT2D eigenvalue weighted by Crippen LogP contribution is -2.11. The van der Waals surface area contributed by atoms with Crippen molar-refractivity contribution in [3.05, 3.63) is 74.9 Å². The Morgan fingerprint density at radius 2 is 2.10 bits per heavy atom. The lowest BCUT2D eigenvalue weighted by atomic mass is 10.0. The number of nitrogens with one attached hydrogen (secondary N) is 1. The number of hydrogen-bond acceptors (Lipinski definition) is 6. The first-order valence-electron chi connectivity index (χ1n) is 9.26. The summed E-state index contributed by atoms with van der Waals surface area (Å²) in [5.41, 5.74) is 3.57. The number of rotatable bonds is 4. The molecule has 0 amide bonds. The van der Waals surface area contributed by atoms with Gasteiger partial charge < -0.3 is 9.73 Å². The molecule has 0 aliphatic rings. The van der Waals surface area contributed by atoms with Crippen molar-refractivity contribution in [3.8, 4) is 17.4 Å². The molecule has 1 unspecified atom stereocenters. The molecule has 1 aromatic carbocycles. The molecule has 0 bridgehead atoms. The van der Waals surface area contributed by atoms with E-state index in [1.165, 1.54) is 6.07 Å². The highest BCUT2D eigenvalue weighted by atomic mass is 35.5. The van der Waals surface area contributed by atoms with Gasteiger partial charge in [0.1, 0.15) is 22.6 Å². The number of anilines is 1. The van der Waals surface area contributed by atoms with Gasteiger partial charge in [-0.2, -0.15) is 10.4 Å². The topological polar surface area (TPSA) is 96.7 Å². The van der Waals surface area contributed by atoms with Gasteiger partial charge in [0.25, 0.3) is 0 Å². The van der Waals surface area contributed by atoms with Crippen molar-refractivity contribution >= 4 is 28.3 Å². The number of halogens is 1. The largest absolute Gasteiger partial charge is 0.455 e. The summed E-state index contributed by atoms with van der Waals surface area (Å²) < 4.78 is 7.82. The molecule has 7 nitrogen and oxygen atoms in total. The minimum absolute atomic E-state index is 0.127. The van der Waals surface area contributed by atoms with Crippen LogP contribution in [0.1, 0.15) is 29.8 Å². The SMILES string of the molecule is Cc1cc(C(C)Nc2ccc(Cl)nc2C#N)c2oc(-c3cnn(C)c3)cc(=O)c2c1. The van der Waals surface area contributed by atoms with Crippen LogP contribution in [0.25, 0.3) is 22.3 Å². The van der Waals surface area contributed by atoms with E-state index in [1.54, 1.807) is 36.3 Å². The van der Waals surface area contributed by atoms with Crippen LogP contribution in [-0.2, 0) is 7.05 Å². The van der Waals surface area contributed by atoms with Crippen molar-refractivity contribution in [2.24, 2.45) is 7.05 Å². The molecule has 0 fully saturated rings. The maximum absolute atomic E-state index is 12.8. The number of nitriles is 1. The van der Waals surface area contributed by atoms with E-state index in [1.807, 2.05) is 32.0 Å². The third kappa shape index (κ3) is 3.65. The smallest absolute Gasteiger partial charge is 0.193 e. The summed E-state index contributed by atoms with van der Waals surface area (Å²) in [5, 5.41) is 17.5. The Labute approximate surface area is 177 Å². The molecule has 150 valence electrons. The van der Waals surface area contributed by atoms with Crippen LogP contribution in [0.5, 0.6) is 0 Å². The highest BCUT2D eigenvalue weighted by molar-refractivity contribution is 6.29. The molecule has 1 N–H and O–H groups in total. The monoisotopic (exact) mass is 419 g/mol. The summed E-state index contributed by atoms with van der Waals surface area (Å²) in [4.78, 5) is 16.9. The summed E-state index contributed by atoms with van der Waals surface area (Å²) in [6, 6.07) is 10.4. The Hall–Kier alpha value is -3.63. The molecule has 4 rings (SSSR count). The number of benzene rings is 1. The van der Waals surface area contributed by atoms with E-state index >= 15 is 0 Å². The lowest BCUT2D eigenvalue weighted by Gasteiger charge is -2.18. The van der Waals surface area contributed by atoms with Gasteiger partial charge in [-0.05, 0) is 37.6 Å². The van der Waals surface area contributed by atoms with Gasteiger partial charge in [-0.15, -0.1) is 0 Å². The first-order chi connectivity index (χ1) is 14.4. The fourth-order valence-electron chi connectivity index (χ4n) is 3.39. The highest BCUT2D eigenvalue weighted by Gasteiger charge is 2.18. The third-order valence-corrected chi connectivity index (χ3v) is 5.01. The summed E-state index contributed by atoms with van der Waals surface area (Å²) in [5.74, 6) is 0.448. The number of hydrogen-bond donors (Lipinski definition) is 1. The standard InChI is InChI=1S/C22H18ClN5O2/c1-12-6-15(13(2)26-17-4-5-21(23)27-18(17)9-24)22-16(7-12)19(29)8-20(30-22)14-10-25-28(3)11-14/h4-8,10-11,13,26H,1-3H3. The van der Waals surface area contributed by atoms with Crippen LogP contribution < -0.4 is 10.7 Å². The fourth-order valence-corrected chi connectivity index (χ4v) is 3.54. The molecule has 1 atom stereocenters. The highest BCUT2D eigenvalue weighted by Crippen LogP contribution is 2.31. The summed E-state index contributed by atoms with van der Waals surface area (Å²) >= 11 is 5.90. The van der Waals surface area contributed by atoms with E-state index in [2.05, 4.69) is 15.4 Å². The molecular weight excluding hydrogens is 402 g/mol. The van der Waals surface area contributed by atoms with Gasteiger partial charge in [-0.25, -0.2) is 4.98 Å². The number of aromatic nitrogens is 3. The van der Waals surface area contributed by atoms with Gasteiger partial charge >= 0.3 is 0 Å². The minimum Gasteiger partial charge on any atom is -0.455 e. The Bertz CT molecular complexity index is 1370. The van der Waals surface area contributed by atoms with E-state index in [0.717, 1.165) is 16.7 Å². The number of aryl methyl sites for hydroxylation is 2. The van der Waals surface area contributed by atoms with Crippen LogP contribution in [0.3, 0.4) is 0 Å². The van der Waals surface area contributed by atoms with Crippen LogP contribution in [0.2, 0.25) is 5.15 Å². The normalized spacial score (nSPS) is 12.0. The van der Waals surface area contributed by atoms with Gasteiger partial charge in [0.2, 0.25) is 0 Å². The van der Waals surface area contributed by atoms with Crippen molar-refractivity contribution in [2.45, 2.75) is 19.9 Å². The molecule has 0 aliphatic heterocycles. The molecule has 3 heterocycles. The molecule has 30 heavy (non-hydrogen) atoms. The maximum atomic E-state index is 12.8. The van der Waals surface area contributed by atoms with Crippen molar-refractivity contribution < 1.29 is 4.42 Å². The summed E-state index contributed by atoms with van der Waals surface area (Å²) in [7, 11) is 1.80. The van der Waals surface area contributed by atoms with Gasteiger partial charge in [-0.1, -0.05) is 17.7 Å². The maximum Gasteiger partial charge on any atom is 0.193 e. The van der Waals surface area contributed by atoms with Crippen LogP contribution in [0.4, 0.5) is 5.69 Å². The van der Waals surface area contributed by atoms with Crippen LogP contribution >= 0.6 is 11.6 Å². The first kappa shape index (κ1) is 19.7. The Balaban J connectivity index is 1.84. The molecule has 0 saturated carbocycles. The minimum atomic E-state index is -0.269. The lowest BCUT2D eigenvalue weighted by molar-refractivity contribution is 0.610. The quantitative estimate of drug-likeness (QED) is 0.486. The molecule has 4 aromatic rings. The second-order valence-corrected chi connectivity index (χ2v) is 7.50. The van der Waals surface area contributed by atoms with E-state index in [9.17, 15) is 10.1 Å². The summed E-state index contributed by atoms with van der Waals surface area (Å²) in [6.45, 7) is 3.86. The molecule has 3 aromatic heterocycles. The average molecular weight is 420 g/mol. The average Bonchev–Trinajstić information content (AvgIpc) is 3.15. The zero-order valence-corrected chi connectivity index (χ0v) is 17.4. The molecule has 0 aliphatic carbocycles. The third-order valence-electron chi connectivity index (χ3n) is 4.80. The van der Waals surface area contributed by atoms with Crippen molar-refractivity contribution in [2.75, 3.05) is 5.32 Å². The molecule has 8 heteroatoms. The first-order valence-corrected chi connectivity index (χ1v) is 9.64. The van der Waals surface area contributed by atoms with E-state index in [-0.39, 0.29) is 22.3 Å². The predicted octanol–water partition coefficient (Wildman–Crippen LogP) is 4.60. The van der Waals surface area contributed by atoms with E-state index in [0.29, 0.717) is 22.4 Å². The molecule has 0 spiro atoms. The number of fused-ring (bicyclic) bond motifs is 1. The summed E-state index contributed by atoms with van der Waals surface area (Å²) in [6.07, 6.45) is 3.44. The van der Waals surface area contributed by atoms with Crippen LogP contribution in [0, 0.1) is 18.3 Å². The second kappa shape index (κ2) is 7.65. The van der Waals surface area contributed by atoms with E-state index < -0.39 is 0 Å². The Morgan fingerprint density at radius 3 is 2.80 bits per heavy atom. The molecular formula is C22H18ClN5O2. The van der Waals surface area contributed by atoms with Crippen molar-refractivity contribution in [3.63, 3.8) is 0 Å². The second-order valence-electron chi connectivity index (χ2n) is 7.12. The van der Waals surface area contributed by atoms with E-state index in [4.69, 9.17) is 16.0 Å². The van der Waals surface area contributed by atoms with Crippen LogP contribution in [-0.4, -0.2) is 14.8 Å². The van der Waals surface area contributed by atoms with Crippen molar-refractivity contribution in [1.29, 1.82) is 5.26 Å². The van der Waals surface area contributed by atoms with Gasteiger partial charge in [0.15, 0.2) is 11.1 Å². The predicted molar refractivity (Wildman–Crippen MR) is 115 cm³/mol. The fraction of sp³-hybridized carbons (Fsp3) is 0.182. The molecule has 0 radical (unpaired) electrons. The number of pyridine rings is 1. The molecule has 0 saturated heterocycles. The zero-order chi connectivity index (χ0) is 21.4. The van der Waals surface area contributed by atoms with Gasteiger partial charge in [0, 0.05) is 24.9 Å². The Kier molecular flexibility index (Phi) is 5.02. The van der Waals surface area contributed by atoms with Gasteiger partial charge in [-0.3, -0.25) is 9.48 Å².